The third kappa shape index (κ3) is 2.68. The molecule has 0 fully saturated rings. The molecule has 4 nitrogen and oxygen atoms in total. The van der Waals surface area contributed by atoms with Gasteiger partial charge in [0.1, 0.15) is 0 Å². The molecular formula is C13H15N3OS. The summed E-state index contributed by atoms with van der Waals surface area (Å²) in [7, 11) is 1.72. The number of nitrogens with zero attached hydrogens (tertiary/aromatic N) is 2. The molecule has 1 aromatic heterocycles. The van der Waals surface area contributed by atoms with E-state index in [0.29, 0.717) is 5.13 Å². The average molecular weight is 261 g/mol. The summed E-state index contributed by atoms with van der Waals surface area (Å²) in [4.78, 5) is 19.0. The van der Waals surface area contributed by atoms with Gasteiger partial charge in [-0.05, 0) is 26.0 Å². The second-order valence-corrected chi connectivity index (χ2v) is 5.17. The maximum atomic E-state index is 12.0. The van der Waals surface area contributed by atoms with Crippen LogP contribution in [0.25, 0.3) is 0 Å². The summed E-state index contributed by atoms with van der Waals surface area (Å²) in [5.41, 5.74) is 1.74. The van der Waals surface area contributed by atoms with E-state index in [1.165, 1.54) is 16.2 Å². The van der Waals surface area contributed by atoms with E-state index in [-0.39, 0.29) is 6.03 Å². The van der Waals surface area contributed by atoms with E-state index in [9.17, 15) is 4.79 Å². The highest BCUT2D eigenvalue weighted by Crippen LogP contribution is 2.24. The topological polar surface area (TPSA) is 45.2 Å². The Hall–Kier alpha value is -1.88. The van der Waals surface area contributed by atoms with E-state index in [2.05, 4.69) is 10.3 Å². The van der Waals surface area contributed by atoms with Gasteiger partial charge in [-0.3, -0.25) is 4.90 Å². The first-order valence-corrected chi connectivity index (χ1v) is 6.43. The molecule has 0 radical (unpaired) electrons. The van der Waals surface area contributed by atoms with Crippen LogP contribution in [0.2, 0.25) is 0 Å². The van der Waals surface area contributed by atoms with Crippen molar-refractivity contribution in [2.24, 2.45) is 0 Å². The molecule has 0 spiro atoms. The molecule has 0 atom stereocenters. The van der Waals surface area contributed by atoms with Gasteiger partial charge in [0.2, 0.25) is 0 Å². The highest BCUT2D eigenvalue weighted by atomic mass is 32.1. The minimum absolute atomic E-state index is 0.185. The molecule has 0 aliphatic heterocycles. The normalized spacial score (nSPS) is 10.2. The number of hydrogen-bond acceptors (Lipinski definition) is 3. The SMILES string of the molecule is Cc1nc(N(C)C(=O)Nc2ccccc2)sc1C. The lowest BCUT2D eigenvalue weighted by Crippen LogP contribution is -2.31. The molecule has 2 amide bonds. The number of nitrogens with one attached hydrogen (secondary N) is 1. The Morgan fingerprint density at radius 1 is 1.28 bits per heavy atom. The summed E-state index contributed by atoms with van der Waals surface area (Å²) in [6.45, 7) is 3.94. The zero-order valence-electron chi connectivity index (χ0n) is 10.6. The minimum atomic E-state index is -0.185. The Labute approximate surface area is 110 Å². The van der Waals surface area contributed by atoms with Gasteiger partial charge in [0.15, 0.2) is 5.13 Å². The highest BCUT2D eigenvalue weighted by Gasteiger charge is 2.15. The molecule has 0 unspecified atom stereocenters. The van der Waals surface area contributed by atoms with Gasteiger partial charge in [-0.2, -0.15) is 0 Å². The maximum Gasteiger partial charge on any atom is 0.327 e. The number of urea groups is 1. The van der Waals surface area contributed by atoms with E-state index >= 15 is 0 Å². The van der Waals surface area contributed by atoms with Crippen molar-refractivity contribution < 1.29 is 4.79 Å². The van der Waals surface area contributed by atoms with Crippen molar-refractivity contribution in [3.63, 3.8) is 0 Å². The van der Waals surface area contributed by atoms with Gasteiger partial charge < -0.3 is 5.32 Å². The number of amides is 2. The lowest BCUT2D eigenvalue weighted by Gasteiger charge is -2.14. The fraction of sp³-hybridized carbons (Fsp3) is 0.231. The molecule has 1 heterocycles. The van der Waals surface area contributed by atoms with E-state index in [0.717, 1.165) is 16.3 Å². The lowest BCUT2D eigenvalue weighted by atomic mass is 10.3. The summed E-state index contributed by atoms with van der Waals surface area (Å²) in [5, 5.41) is 3.53. The van der Waals surface area contributed by atoms with Crippen LogP contribution in [0.15, 0.2) is 30.3 Å². The smallest absolute Gasteiger partial charge is 0.307 e. The maximum absolute atomic E-state index is 12.0. The number of carbonyl (C=O) groups is 1. The van der Waals surface area contributed by atoms with Crippen LogP contribution >= 0.6 is 11.3 Å². The second kappa shape index (κ2) is 5.18. The summed E-state index contributed by atoms with van der Waals surface area (Å²) >= 11 is 1.52. The number of anilines is 2. The van der Waals surface area contributed by atoms with Crippen LogP contribution in [-0.2, 0) is 0 Å². The van der Waals surface area contributed by atoms with Crippen molar-refractivity contribution in [1.82, 2.24) is 4.98 Å². The Morgan fingerprint density at radius 2 is 1.94 bits per heavy atom. The van der Waals surface area contributed by atoms with Gasteiger partial charge in [0.25, 0.3) is 0 Å². The van der Waals surface area contributed by atoms with Crippen LogP contribution in [0.4, 0.5) is 15.6 Å². The molecule has 1 aromatic carbocycles. The first-order valence-electron chi connectivity index (χ1n) is 5.61. The van der Waals surface area contributed by atoms with Gasteiger partial charge in [-0.1, -0.05) is 18.2 Å². The van der Waals surface area contributed by atoms with Crippen molar-refractivity contribution in [3.8, 4) is 0 Å². The Morgan fingerprint density at radius 3 is 2.50 bits per heavy atom. The van der Waals surface area contributed by atoms with E-state index in [4.69, 9.17) is 0 Å². The quantitative estimate of drug-likeness (QED) is 0.900. The van der Waals surface area contributed by atoms with Crippen LogP contribution in [0.3, 0.4) is 0 Å². The van der Waals surface area contributed by atoms with Gasteiger partial charge >= 0.3 is 6.03 Å². The van der Waals surface area contributed by atoms with E-state index < -0.39 is 0 Å². The van der Waals surface area contributed by atoms with Gasteiger partial charge in [0.05, 0.1) is 5.69 Å². The summed E-state index contributed by atoms with van der Waals surface area (Å²) < 4.78 is 0. The Bertz CT molecular complexity index is 531. The number of carbonyl (C=O) groups excluding carboxylic acids is 1. The Kier molecular flexibility index (Phi) is 3.62. The summed E-state index contributed by atoms with van der Waals surface area (Å²) in [6, 6.07) is 9.19. The van der Waals surface area contributed by atoms with Gasteiger partial charge in [-0.15, -0.1) is 11.3 Å². The molecule has 0 bridgehead atoms. The van der Waals surface area contributed by atoms with Crippen molar-refractivity contribution in [1.29, 1.82) is 0 Å². The van der Waals surface area contributed by atoms with E-state index in [1.807, 2.05) is 44.2 Å². The highest BCUT2D eigenvalue weighted by molar-refractivity contribution is 7.15. The molecule has 5 heteroatoms. The zero-order valence-corrected chi connectivity index (χ0v) is 11.4. The predicted molar refractivity (Wildman–Crippen MR) is 75.5 cm³/mol. The second-order valence-electron chi connectivity index (χ2n) is 3.99. The average Bonchev–Trinajstić information content (AvgIpc) is 2.70. The number of aromatic nitrogens is 1. The van der Waals surface area contributed by atoms with Crippen molar-refractivity contribution in [2.75, 3.05) is 17.3 Å². The van der Waals surface area contributed by atoms with E-state index in [1.54, 1.807) is 7.05 Å². The van der Waals surface area contributed by atoms with Gasteiger partial charge in [0, 0.05) is 17.6 Å². The molecule has 2 aromatic rings. The largest absolute Gasteiger partial charge is 0.327 e. The monoisotopic (exact) mass is 261 g/mol. The van der Waals surface area contributed by atoms with Crippen LogP contribution in [0, 0.1) is 13.8 Å². The number of rotatable bonds is 2. The van der Waals surface area contributed by atoms with Crippen molar-refractivity contribution in [3.05, 3.63) is 40.9 Å². The summed E-state index contributed by atoms with van der Waals surface area (Å²) in [5.74, 6) is 0. The summed E-state index contributed by atoms with van der Waals surface area (Å²) in [6.07, 6.45) is 0. The Balaban J connectivity index is 2.09. The third-order valence-corrected chi connectivity index (χ3v) is 3.78. The standard InChI is InChI=1S/C13H15N3OS/c1-9-10(2)18-13(14-9)16(3)12(17)15-11-7-5-4-6-8-11/h4-8H,1-3H3,(H,15,17). The van der Waals surface area contributed by atoms with Crippen molar-refractivity contribution in [2.45, 2.75) is 13.8 Å². The molecule has 2 rings (SSSR count). The first kappa shape index (κ1) is 12.6. The van der Waals surface area contributed by atoms with Crippen molar-refractivity contribution >= 4 is 28.2 Å². The molecule has 1 N–H and O–H groups in total. The fourth-order valence-electron chi connectivity index (χ4n) is 1.41. The minimum Gasteiger partial charge on any atom is -0.307 e. The van der Waals surface area contributed by atoms with Crippen LogP contribution in [0.1, 0.15) is 10.6 Å². The number of benzene rings is 1. The van der Waals surface area contributed by atoms with Gasteiger partial charge in [-0.25, -0.2) is 9.78 Å². The van der Waals surface area contributed by atoms with Crippen LogP contribution in [-0.4, -0.2) is 18.1 Å². The van der Waals surface area contributed by atoms with Crippen LogP contribution < -0.4 is 10.2 Å². The molecule has 0 aliphatic carbocycles. The third-order valence-electron chi connectivity index (χ3n) is 2.63. The zero-order chi connectivity index (χ0) is 13.1. The molecule has 18 heavy (non-hydrogen) atoms. The number of thiazole rings is 1. The molecule has 0 aliphatic rings. The first-order chi connectivity index (χ1) is 8.58. The predicted octanol–water partition coefficient (Wildman–Crippen LogP) is 3.43. The molecule has 0 saturated heterocycles. The molecule has 0 saturated carbocycles. The fourth-order valence-corrected chi connectivity index (χ4v) is 2.28. The number of hydrogen-bond donors (Lipinski definition) is 1. The van der Waals surface area contributed by atoms with Crippen LogP contribution in [0.5, 0.6) is 0 Å². The number of aryl methyl sites for hydroxylation is 2. The molecule has 94 valence electrons. The molecular weight excluding hydrogens is 246 g/mol. The lowest BCUT2D eigenvalue weighted by molar-refractivity contribution is 0.258. The number of para-hydroxylation sites is 1.